The molecule has 1 aliphatic rings. The van der Waals surface area contributed by atoms with E-state index in [2.05, 4.69) is 150 Å². The highest BCUT2D eigenvalue weighted by molar-refractivity contribution is 6.23. The lowest BCUT2D eigenvalue weighted by atomic mass is 9.90. The normalized spacial score (nSPS) is 12.3. The fourth-order valence-corrected chi connectivity index (χ4v) is 7.45. The first-order valence-electron chi connectivity index (χ1n) is 15.1. The van der Waals surface area contributed by atoms with Crippen LogP contribution in [0.1, 0.15) is 0 Å². The van der Waals surface area contributed by atoms with Gasteiger partial charge >= 0.3 is 0 Å². The molecule has 1 aliphatic heterocycles. The van der Waals surface area contributed by atoms with Crippen LogP contribution in [0.25, 0.3) is 82.1 Å². The zero-order chi connectivity index (χ0) is 28.8. The molecule has 10 rings (SSSR count). The lowest BCUT2D eigenvalue weighted by molar-refractivity contribution is 0.487. The molecular weight excluding hydrogens is 534 g/mol. The second-order valence-electron chi connectivity index (χ2n) is 11.7. The van der Waals surface area contributed by atoms with E-state index in [4.69, 9.17) is 4.74 Å². The van der Waals surface area contributed by atoms with Crippen molar-refractivity contribution in [1.82, 2.24) is 4.57 Å². The third-order valence-corrected chi connectivity index (χ3v) is 9.37. The van der Waals surface area contributed by atoms with Crippen molar-refractivity contribution in [3.05, 3.63) is 152 Å². The number of fused-ring (bicyclic) bond motifs is 8. The zero-order valence-corrected chi connectivity index (χ0v) is 23.8. The van der Waals surface area contributed by atoms with E-state index >= 15 is 0 Å². The molecule has 2 heteroatoms. The Kier molecular flexibility index (Phi) is 4.75. The highest BCUT2D eigenvalue weighted by atomic mass is 16.5. The maximum Gasteiger partial charge on any atom is 0.135 e. The maximum atomic E-state index is 6.40. The van der Waals surface area contributed by atoms with Gasteiger partial charge in [-0.25, -0.2) is 0 Å². The summed E-state index contributed by atoms with van der Waals surface area (Å²) in [6.07, 6.45) is 0. The molecule has 0 saturated carbocycles. The molecule has 9 aromatic rings. The van der Waals surface area contributed by atoms with Crippen molar-refractivity contribution in [2.75, 3.05) is 0 Å². The van der Waals surface area contributed by atoms with Crippen LogP contribution in [0, 0.1) is 0 Å². The van der Waals surface area contributed by atoms with Gasteiger partial charge in [0.1, 0.15) is 11.5 Å². The number of hydrogen-bond donors (Lipinski definition) is 0. The van der Waals surface area contributed by atoms with E-state index in [0.29, 0.717) is 0 Å². The minimum Gasteiger partial charge on any atom is -0.456 e. The van der Waals surface area contributed by atoms with Gasteiger partial charge in [0.15, 0.2) is 0 Å². The second-order valence-corrected chi connectivity index (χ2v) is 11.7. The van der Waals surface area contributed by atoms with Crippen LogP contribution in [0.4, 0.5) is 0 Å². The minimum atomic E-state index is 0.912. The Morgan fingerprint density at radius 3 is 2.02 bits per heavy atom. The van der Waals surface area contributed by atoms with Crippen molar-refractivity contribution in [3.8, 4) is 39.4 Å². The van der Waals surface area contributed by atoms with Gasteiger partial charge in [-0.3, -0.25) is 0 Å². The van der Waals surface area contributed by atoms with E-state index in [9.17, 15) is 0 Å². The number of nitrogens with zero attached hydrogens (tertiary/aromatic N) is 1. The highest BCUT2D eigenvalue weighted by Gasteiger charge is 2.22. The molecule has 0 bridgehead atoms. The van der Waals surface area contributed by atoms with Gasteiger partial charge < -0.3 is 9.30 Å². The van der Waals surface area contributed by atoms with Crippen LogP contribution in [-0.2, 0) is 0 Å². The summed E-state index contributed by atoms with van der Waals surface area (Å²) in [4.78, 5) is 0. The molecule has 0 saturated heterocycles. The van der Waals surface area contributed by atoms with Crippen LogP contribution in [0.5, 0.6) is 11.5 Å². The quantitative estimate of drug-likeness (QED) is 0.205. The summed E-state index contributed by atoms with van der Waals surface area (Å²) in [5.74, 6) is 1.83. The molecule has 204 valence electrons. The average molecular weight is 560 g/mol. The topological polar surface area (TPSA) is 14.2 Å². The molecule has 44 heavy (non-hydrogen) atoms. The summed E-state index contributed by atoms with van der Waals surface area (Å²) in [7, 11) is 0. The first-order valence-corrected chi connectivity index (χ1v) is 15.1. The Bertz CT molecular complexity index is 2640. The van der Waals surface area contributed by atoms with Crippen molar-refractivity contribution in [2.45, 2.75) is 0 Å². The molecule has 0 N–H and O–H groups in total. The fourth-order valence-electron chi connectivity index (χ4n) is 7.45. The van der Waals surface area contributed by atoms with E-state index in [1.807, 2.05) is 6.07 Å². The molecular formula is C42H25NO. The summed E-state index contributed by atoms with van der Waals surface area (Å²) < 4.78 is 8.85. The number of ether oxygens (including phenoxy) is 1. The van der Waals surface area contributed by atoms with Crippen LogP contribution in [-0.4, -0.2) is 4.57 Å². The molecule has 2 nitrogen and oxygen atoms in total. The molecule has 2 heterocycles. The van der Waals surface area contributed by atoms with Gasteiger partial charge in [-0.2, -0.15) is 0 Å². The van der Waals surface area contributed by atoms with Crippen LogP contribution >= 0.6 is 0 Å². The molecule has 0 atom stereocenters. The number of benzene rings is 8. The minimum absolute atomic E-state index is 0.912. The van der Waals surface area contributed by atoms with Crippen LogP contribution in [0.3, 0.4) is 0 Å². The van der Waals surface area contributed by atoms with E-state index in [1.165, 1.54) is 76.5 Å². The van der Waals surface area contributed by atoms with E-state index in [-0.39, 0.29) is 0 Å². The molecule has 0 amide bonds. The first-order chi connectivity index (χ1) is 21.8. The largest absolute Gasteiger partial charge is 0.456 e. The number of aromatic nitrogens is 1. The zero-order valence-electron chi connectivity index (χ0n) is 23.8. The lowest BCUT2D eigenvalue weighted by Gasteiger charge is -2.22. The van der Waals surface area contributed by atoms with Gasteiger partial charge in [-0.05, 0) is 74.6 Å². The molecule has 1 aromatic heterocycles. The van der Waals surface area contributed by atoms with E-state index in [1.54, 1.807) is 0 Å². The SMILES string of the molecule is c1ccc2c(c1)Oc1ccc(-c3ccc4c(c3)c3c5ccccc5ccc3n4-c3cccc4ccccc34)c3cccc-2c13. The van der Waals surface area contributed by atoms with Gasteiger partial charge in [0, 0.05) is 27.1 Å². The third-order valence-electron chi connectivity index (χ3n) is 9.37. The summed E-state index contributed by atoms with van der Waals surface area (Å²) in [6, 6.07) is 54.8. The summed E-state index contributed by atoms with van der Waals surface area (Å²) >= 11 is 0. The average Bonchev–Trinajstić information content (AvgIpc) is 3.42. The predicted molar refractivity (Wildman–Crippen MR) is 184 cm³/mol. The van der Waals surface area contributed by atoms with Gasteiger partial charge in [0.05, 0.1) is 16.7 Å². The molecule has 0 unspecified atom stereocenters. The Labute approximate surface area is 254 Å². The Morgan fingerprint density at radius 1 is 0.386 bits per heavy atom. The first kappa shape index (κ1) is 23.7. The Balaban J connectivity index is 1.29. The van der Waals surface area contributed by atoms with Crippen LogP contribution in [0.15, 0.2) is 152 Å². The second kappa shape index (κ2) is 8.82. The van der Waals surface area contributed by atoms with Gasteiger partial charge in [-0.1, -0.05) is 115 Å². The van der Waals surface area contributed by atoms with Crippen molar-refractivity contribution in [3.63, 3.8) is 0 Å². The Morgan fingerprint density at radius 2 is 1.09 bits per heavy atom. The van der Waals surface area contributed by atoms with E-state index in [0.717, 1.165) is 17.1 Å². The molecule has 0 spiro atoms. The summed E-state index contributed by atoms with van der Waals surface area (Å²) in [5, 5.41) is 9.92. The monoisotopic (exact) mass is 559 g/mol. The molecule has 0 radical (unpaired) electrons. The smallest absolute Gasteiger partial charge is 0.135 e. The van der Waals surface area contributed by atoms with Crippen molar-refractivity contribution in [1.29, 1.82) is 0 Å². The van der Waals surface area contributed by atoms with Crippen molar-refractivity contribution >= 4 is 54.1 Å². The maximum absolute atomic E-state index is 6.40. The molecule has 8 aromatic carbocycles. The van der Waals surface area contributed by atoms with Crippen LogP contribution < -0.4 is 4.74 Å². The van der Waals surface area contributed by atoms with Gasteiger partial charge in [0.25, 0.3) is 0 Å². The lowest BCUT2D eigenvalue weighted by Crippen LogP contribution is -1.97. The fraction of sp³-hybridized carbons (Fsp3) is 0. The summed E-state index contributed by atoms with van der Waals surface area (Å²) in [6.45, 7) is 0. The number of para-hydroxylation sites is 1. The van der Waals surface area contributed by atoms with Crippen LogP contribution in [0.2, 0.25) is 0 Å². The summed E-state index contributed by atoms with van der Waals surface area (Å²) in [5.41, 5.74) is 8.39. The van der Waals surface area contributed by atoms with Gasteiger partial charge in [0.2, 0.25) is 0 Å². The Hall–Kier alpha value is -5.86. The predicted octanol–water partition coefficient (Wildman–Crippen LogP) is 11.7. The molecule has 0 fully saturated rings. The molecule has 0 aliphatic carbocycles. The number of rotatable bonds is 2. The third kappa shape index (κ3) is 3.20. The number of hydrogen-bond acceptors (Lipinski definition) is 1. The van der Waals surface area contributed by atoms with Gasteiger partial charge in [-0.15, -0.1) is 0 Å². The van der Waals surface area contributed by atoms with Crippen molar-refractivity contribution in [2.24, 2.45) is 0 Å². The standard InChI is InChI=1S/C42H25NO/c1-3-12-30-26(9-1)11-7-17-36(30)43-37-22-20-28(25-35(37)41-31-13-4-2-10-27(31)19-23-38(41)43)29-21-24-40-42-33(29)15-8-16-34(42)32-14-5-6-18-39(32)44-40/h1-25H. The highest BCUT2D eigenvalue weighted by Crippen LogP contribution is 2.49. The van der Waals surface area contributed by atoms with E-state index < -0.39 is 0 Å². The van der Waals surface area contributed by atoms with Crippen molar-refractivity contribution < 1.29 is 4.74 Å².